The van der Waals surface area contributed by atoms with Gasteiger partial charge in [-0.1, -0.05) is 36.4 Å². The molecule has 3 aromatic rings. The van der Waals surface area contributed by atoms with E-state index in [1.165, 1.54) is 0 Å². The minimum absolute atomic E-state index is 0.551. The zero-order valence-corrected chi connectivity index (χ0v) is 13.1. The lowest BCUT2D eigenvalue weighted by molar-refractivity contribution is 0.306. The molecular weight excluding hydrogens is 296 g/mol. The molecule has 0 saturated heterocycles. The van der Waals surface area contributed by atoms with Crippen molar-refractivity contribution in [1.82, 2.24) is 0 Å². The Hall–Kier alpha value is -3.38. The van der Waals surface area contributed by atoms with Crippen LogP contribution in [-0.2, 0) is 6.61 Å². The maximum atomic E-state index is 8.89. The molecular formula is C21H16N2O. The van der Waals surface area contributed by atoms with Crippen molar-refractivity contribution in [2.75, 3.05) is 0 Å². The summed E-state index contributed by atoms with van der Waals surface area (Å²) in [6, 6.07) is 27.2. The lowest BCUT2D eigenvalue weighted by Crippen LogP contribution is -1.94. The number of hydrogen-bond acceptors (Lipinski definition) is 3. The molecule has 3 heteroatoms. The largest absolute Gasteiger partial charge is 0.489 e. The van der Waals surface area contributed by atoms with E-state index in [1.807, 2.05) is 66.7 Å². The Balaban J connectivity index is 1.62. The van der Waals surface area contributed by atoms with Crippen LogP contribution < -0.4 is 4.74 Å². The molecule has 3 rings (SSSR count). The van der Waals surface area contributed by atoms with Crippen molar-refractivity contribution >= 4 is 11.9 Å². The molecule has 24 heavy (non-hydrogen) atoms. The summed E-state index contributed by atoms with van der Waals surface area (Å²) < 4.78 is 5.76. The third-order valence-electron chi connectivity index (χ3n) is 3.47. The maximum absolute atomic E-state index is 8.89. The molecule has 0 radical (unpaired) electrons. The Morgan fingerprint density at radius 3 is 2.46 bits per heavy atom. The van der Waals surface area contributed by atoms with Crippen LogP contribution in [0.25, 0.3) is 0 Å². The Kier molecular flexibility index (Phi) is 5.01. The Labute approximate surface area is 141 Å². The molecule has 0 bridgehead atoms. The van der Waals surface area contributed by atoms with E-state index in [0.29, 0.717) is 12.2 Å². The van der Waals surface area contributed by atoms with Gasteiger partial charge in [0.1, 0.15) is 12.4 Å². The average Bonchev–Trinajstić information content (AvgIpc) is 2.66. The van der Waals surface area contributed by atoms with Gasteiger partial charge in [-0.05, 0) is 53.6 Å². The summed E-state index contributed by atoms with van der Waals surface area (Å²) in [5, 5.41) is 8.89. The van der Waals surface area contributed by atoms with Crippen LogP contribution in [0.3, 0.4) is 0 Å². The summed E-state index contributed by atoms with van der Waals surface area (Å²) in [6.07, 6.45) is 1.78. The fourth-order valence-electron chi connectivity index (χ4n) is 2.20. The molecule has 0 atom stereocenters. The van der Waals surface area contributed by atoms with Gasteiger partial charge in [0, 0.05) is 6.21 Å². The highest BCUT2D eigenvalue weighted by molar-refractivity contribution is 5.82. The fraction of sp³-hybridized carbons (Fsp3) is 0.0476. The van der Waals surface area contributed by atoms with E-state index in [1.54, 1.807) is 18.3 Å². The van der Waals surface area contributed by atoms with Crippen molar-refractivity contribution in [3.05, 3.63) is 95.6 Å². The van der Waals surface area contributed by atoms with E-state index in [4.69, 9.17) is 10.00 Å². The fourth-order valence-corrected chi connectivity index (χ4v) is 2.20. The molecule has 116 valence electrons. The monoisotopic (exact) mass is 312 g/mol. The third kappa shape index (κ3) is 4.31. The van der Waals surface area contributed by atoms with Gasteiger partial charge in [-0.15, -0.1) is 0 Å². The van der Waals surface area contributed by atoms with Gasteiger partial charge in [-0.3, -0.25) is 4.99 Å². The van der Waals surface area contributed by atoms with Crippen molar-refractivity contribution in [2.24, 2.45) is 4.99 Å². The molecule has 3 nitrogen and oxygen atoms in total. The van der Waals surface area contributed by atoms with Crippen molar-refractivity contribution in [3.63, 3.8) is 0 Å². The minimum atomic E-state index is 0.551. The van der Waals surface area contributed by atoms with Crippen LogP contribution >= 0.6 is 0 Å². The molecule has 0 aliphatic heterocycles. The summed E-state index contributed by atoms with van der Waals surface area (Å²) in [7, 11) is 0. The van der Waals surface area contributed by atoms with E-state index < -0.39 is 0 Å². The van der Waals surface area contributed by atoms with Crippen LogP contribution in [0.4, 0.5) is 5.69 Å². The van der Waals surface area contributed by atoms with Crippen LogP contribution in [0.1, 0.15) is 16.7 Å². The van der Waals surface area contributed by atoms with Crippen LogP contribution in [0, 0.1) is 11.3 Å². The first-order valence-electron chi connectivity index (χ1n) is 7.64. The van der Waals surface area contributed by atoms with Gasteiger partial charge in [0.25, 0.3) is 0 Å². The highest BCUT2D eigenvalue weighted by atomic mass is 16.5. The van der Waals surface area contributed by atoms with Crippen LogP contribution in [0.5, 0.6) is 5.75 Å². The second-order valence-electron chi connectivity index (χ2n) is 5.26. The molecule has 0 heterocycles. The zero-order valence-electron chi connectivity index (χ0n) is 13.1. The topological polar surface area (TPSA) is 45.4 Å². The molecule has 0 aliphatic carbocycles. The Bertz CT molecular complexity index is 862. The third-order valence-corrected chi connectivity index (χ3v) is 3.47. The van der Waals surface area contributed by atoms with Crippen molar-refractivity contribution in [2.45, 2.75) is 6.61 Å². The Morgan fingerprint density at radius 2 is 1.71 bits per heavy atom. The number of nitriles is 1. The lowest BCUT2D eigenvalue weighted by Gasteiger charge is -2.06. The number of ether oxygens (including phenoxy) is 1. The normalized spacial score (nSPS) is 10.5. The Morgan fingerprint density at radius 1 is 0.917 bits per heavy atom. The van der Waals surface area contributed by atoms with Gasteiger partial charge in [-0.2, -0.15) is 5.26 Å². The van der Waals surface area contributed by atoms with Gasteiger partial charge in [0.05, 0.1) is 17.3 Å². The number of aliphatic imine (C=N–C) groups is 1. The van der Waals surface area contributed by atoms with Crippen molar-refractivity contribution in [1.29, 1.82) is 5.26 Å². The second-order valence-corrected chi connectivity index (χ2v) is 5.26. The van der Waals surface area contributed by atoms with Crippen LogP contribution in [0.15, 0.2) is 83.9 Å². The first kappa shape index (κ1) is 15.5. The molecule has 0 saturated carbocycles. The molecule has 0 spiro atoms. The summed E-state index contributed by atoms with van der Waals surface area (Å²) >= 11 is 0. The van der Waals surface area contributed by atoms with E-state index >= 15 is 0 Å². The lowest BCUT2D eigenvalue weighted by atomic mass is 10.2. The van der Waals surface area contributed by atoms with E-state index in [-0.39, 0.29) is 0 Å². The van der Waals surface area contributed by atoms with Gasteiger partial charge >= 0.3 is 0 Å². The highest BCUT2D eigenvalue weighted by Crippen LogP contribution is 2.16. The van der Waals surface area contributed by atoms with Gasteiger partial charge in [0.2, 0.25) is 0 Å². The molecule has 0 aliphatic rings. The molecule has 0 fully saturated rings. The van der Waals surface area contributed by atoms with Gasteiger partial charge < -0.3 is 4.74 Å². The average molecular weight is 312 g/mol. The summed E-state index contributed by atoms with van der Waals surface area (Å²) in [5.41, 5.74) is 3.48. The first-order valence-corrected chi connectivity index (χ1v) is 7.64. The first-order chi connectivity index (χ1) is 11.8. The quantitative estimate of drug-likeness (QED) is 0.630. The predicted octanol–water partition coefficient (Wildman–Crippen LogP) is 4.89. The predicted molar refractivity (Wildman–Crippen MR) is 95.6 cm³/mol. The SMILES string of the molecule is N#Cc1cccc(N=Cc2ccc(OCc3ccccc3)cc2)c1. The highest BCUT2D eigenvalue weighted by Gasteiger charge is 1.96. The van der Waals surface area contributed by atoms with Crippen LogP contribution in [0.2, 0.25) is 0 Å². The molecule has 0 unspecified atom stereocenters. The molecule has 0 amide bonds. The van der Waals surface area contributed by atoms with E-state index in [0.717, 1.165) is 22.6 Å². The van der Waals surface area contributed by atoms with Crippen LogP contribution in [-0.4, -0.2) is 6.21 Å². The summed E-state index contributed by atoms with van der Waals surface area (Å²) in [5.74, 6) is 0.822. The number of rotatable bonds is 5. The minimum Gasteiger partial charge on any atom is -0.489 e. The van der Waals surface area contributed by atoms with E-state index in [2.05, 4.69) is 11.1 Å². The molecule has 3 aromatic carbocycles. The summed E-state index contributed by atoms with van der Waals surface area (Å²) in [4.78, 5) is 4.39. The zero-order chi connectivity index (χ0) is 16.6. The molecule has 0 N–H and O–H groups in total. The van der Waals surface area contributed by atoms with E-state index in [9.17, 15) is 0 Å². The van der Waals surface area contributed by atoms with Gasteiger partial charge in [0.15, 0.2) is 0 Å². The molecule has 0 aromatic heterocycles. The number of nitrogens with zero attached hydrogens (tertiary/aromatic N) is 2. The standard InChI is InChI=1S/C21H16N2O/c22-14-19-7-4-8-20(13-19)23-15-17-9-11-21(12-10-17)24-16-18-5-2-1-3-6-18/h1-13,15H,16H2. The summed E-state index contributed by atoms with van der Waals surface area (Å²) in [6.45, 7) is 0.551. The van der Waals surface area contributed by atoms with Crippen molar-refractivity contribution < 1.29 is 4.74 Å². The number of hydrogen-bond donors (Lipinski definition) is 0. The van der Waals surface area contributed by atoms with Crippen molar-refractivity contribution in [3.8, 4) is 11.8 Å². The second kappa shape index (κ2) is 7.75. The maximum Gasteiger partial charge on any atom is 0.119 e. The number of benzene rings is 3. The van der Waals surface area contributed by atoms with Gasteiger partial charge in [-0.25, -0.2) is 0 Å². The smallest absolute Gasteiger partial charge is 0.119 e.